The molecule has 0 spiro atoms. The Labute approximate surface area is 116 Å². The fourth-order valence-electron chi connectivity index (χ4n) is 2.80. The molecule has 0 aromatic carbocycles. The number of nitrogens with zero attached hydrogens (tertiary/aromatic N) is 3. The van der Waals surface area contributed by atoms with Crippen LogP contribution in [-0.2, 0) is 0 Å². The third kappa shape index (κ3) is 4.10. The van der Waals surface area contributed by atoms with Crippen LogP contribution in [0.1, 0.15) is 26.7 Å². The Balaban J connectivity index is 1.80. The number of nitrogens with two attached hydrogens (primary N) is 1. The summed E-state index contributed by atoms with van der Waals surface area (Å²) in [5.74, 6) is 1.41. The lowest BCUT2D eigenvalue weighted by atomic mass is 10.1. The van der Waals surface area contributed by atoms with Gasteiger partial charge in [0.05, 0.1) is 11.9 Å². The van der Waals surface area contributed by atoms with E-state index in [9.17, 15) is 0 Å². The van der Waals surface area contributed by atoms with Gasteiger partial charge in [-0.1, -0.05) is 20.3 Å². The van der Waals surface area contributed by atoms with Crippen molar-refractivity contribution >= 4 is 11.5 Å². The van der Waals surface area contributed by atoms with Crippen LogP contribution in [0.2, 0.25) is 0 Å². The minimum Gasteiger partial charge on any atom is -0.384 e. The molecule has 1 aliphatic heterocycles. The van der Waals surface area contributed by atoms with E-state index < -0.39 is 0 Å². The van der Waals surface area contributed by atoms with Crippen LogP contribution in [0.15, 0.2) is 18.3 Å². The highest BCUT2D eigenvalue weighted by atomic mass is 15.3. The van der Waals surface area contributed by atoms with E-state index in [0.717, 1.165) is 32.1 Å². The summed E-state index contributed by atoms with van der Waals surface area (Å²) in [7, 11) is 0. The van der Waals surface area contributed by atoms with Crippen molar-refractivity contribution in [3.8, 4) is 0 Å². The standard InChI is InChI=1S/C15H26N4/c1-3-4-13(2)12-18-7-9-19(10-8-18)14-5-6-15(16)17-11-14/h5-6,11,13H,3-4,7-10,12H2,1-2H3,(H2,16,17). The van der Waals surface area contributed by atoms with Gasteiger partial charge in [-0.25, -0.2) is 4.98 Å². The normalized spacial score (nSPS) is 18.5. The Kier molecular flexibility index (Phi) is 5.02. The maximum Gasteiger partial charge on any atom is 0.123 e. The summed E-state index contributed by atoms with van der Waals surface area (Å²) in [6.07, 6.45) is 4.50. The van der Waals surface area contributed by atoms with Crippen LogP contribution >= 0.6 is 0 Å². The van der Waals surface area contributed by atoms with E-state index in [2.05, 4.69) is 34.7 Å². The van der Waals surface area contributed by atoms with Crippen molar-refractivity contribution in [2.75, 3.05) is 43.4 Å². The second-order valence-corrected chi connectivity index (χ2v) is 5.62. The fraction of sp³-hybridized carbons (Fsp3) is 0.667. The van der Waals surface area contributed by atoms with Gasteiger partial charge in [-0.15, -0.1) is 0 Å². The van der Waals surface area contributed by atoms with E-state index in [1.807, 2.05) is 12.3 Å². The maximum atomic E-state index is 5.62. The van der Waals surface area contributed by atoms with Crippen molar-refractivity contribution in [3.05, 3.63) is 18.3 Å². The van der Waals surface area contributed by atoms with Crippen LogP contribution in [0.4, 0.5) is 11.5 Å². The van der Waals surface area contributed by atoms with Crippen LogP contribution in [0.3, 0.4) is 0 Å². The van der Waals surface area contributed by atoms with Gasteiger partial charge in [0.1, 0.15) is 5.82 Å². The second kappa shape index (κ2) is 6.75. The fourth-order valence-corrected chi connectivity index (χ4v) is 2.80. The van der Waals surface area contributed by atoms with Gasteiger partial charge in [0.2, 0.25) is 0 Å². The molecule has 0 aliphatic carbocycles. The van der Waals surface area contributed by atoms with Gasteiger partial charge in [0.15, 0.2) is 0 Å². The summed E-state index contributed by atoms with van der Waals surface area (Å²) in [6, 6.07) is 3.95. The number of pyridine rings is 1. The topological polar surface area (TPSA) is 45.4 Å². The number of aromatic nitrogens is 1. The van der Waals surface area contributed by atoms with E-state index in [1.165, 1.54) is 25.1 Å². The molecule has 106 valence electrons. The molecule has 1 aliphatic rings. The average molecular weight is 262 g/mol. The van der Waals surface area contributed by atoms with E-state index in [-0.39, 0.29) is 0 Å². The van der Waals surface area contributed by atoms with Crippen LogP contribution < -0.4 is 10.6 Å². The van der Waals surface area contributed by atoms with Crippen molar-refractivity contribution in [2.45, 2.75) is 26.7 Å². The predicted octanol–water partition coefficient (Wildman–Crippen LogP) is 2.22. The zero-order valence-corrected chi connectivity index (χ0v) is 12.2. The molecule has 0 saturated carbocycles. The van der Waals surface area contributed by atoms with E-state index in [1.54, 1.807) is 0 Å². The molecule has 1 aromatic heterocycles. The first-order valence-electron chi connectivity index (χ1n) is 7.38. The Morgan fingerprint density at radius 2 is 2.00 bits per heavy atom. The van der Waals surface area contributed by atoms with Crippen LogP contribution in [0.5, 0.6) is 0 Å². The molecule has 1 saturated heterocycles. The Morgan fingerprint density at radius 1 is 1.26 bits per heavy atom. The lowest BCUT2D eigenvalue weighted by molar-refractivity contribution is 0.219. The highest BCUT2D eigenvalue weighted by molar-refractivity contribution is 5.48. The Bertz CT molecular complexity index is 368. The van der Waals surface area contributed by atoms with Gasteiger partial charge in [-0.3, -0.25) is 4.90 Å². The molecule has 2 heterocycles. The molecule has 19 heavy (non-hydrogen) atoms. The Morgan fingerprint density at radius 3 is 2.58 bits per heavy atom. The molecule has 4 heteroatoms. The summed E-state index contributed by atoms with van der Waals surface area (Å²) in [5.41, 5.74) is 6.81. The summed E-state index contributed by atoms with van der Waals surface area (Å²) in [5, 5.41) is 0. The van der Waals surface area contributed by atoms with E-state index >= 15 is 0 Å². The van der Waals surface area contributed by atoms with Crippen LogP contribution in [0.25, 0.3) is 0 Å². The molecule has 4 nitrogen and oxygen atoms in total. The molecular formula is C15H26N4. The largest absolute Gasteiger partial charge is 0.384 e. The van der Waals surface area contributed by atoms with Gasteiger partial charge < -0.3 is 10.6 Å². The molecule has 2 rings (SSSR count). The van der Waals surface area contributed by atoms with Crippen LogP contribution in [-0.4, -0.2) is 42.6 Å². The minimum absolute atomic E-state index is 0.593. The van der Waals surface area contributed by atoms with E-state index in [0.29, 0.717) is 5.82 Å². The molecule has 0 bridgehead atoms. The molecule has 0 radical (unpaired) electrons. The van der Waals surface area contributed by atoms with Crippen LogP contribution in [0, 0.1) is 5.92 Å². The highest BCUT2D eigenvalue weighted by Crippen LogP contribution is 2.17. The zero-order chi connectivity index (χ0) is 13.7. The second-order valence-electron chi connectivity index (χ2n) is 5.62. The van der Waals surface area contributed by atoms with Gasteiger partial charge in [0, 0.05) is 32.7 Å². The van der Waals surface area contributed by atoms with Crippen molar-refractivity contribution < 1.29 is 0 Å². The van der Waals surface area contributed by atoms with Gasteiger partial charge in [-0.2, -0.15) is 0 Å². The summed E-state index contributed by atoms with van der Waals surface area (Å²) >= 11 is 0. The molecule has 1 atom stereocenters. The molecule has 1 aromatic rings. The van der Waals surface area contributed by atoms with Crippen molar-refractivity contribution in [2.24, 2.45) is 5.92 Å². The Hall–Kier alpha value is -1.29. The van der Waals surface area contributed by atoms with Gasteiger partial charge >= 0.3 is 0 Å². The first-order valence-corrected chi connectivity index (χ1v) is 7.38. The highest BCUT2D eigenvalue weighted by Gasteiger charge is 2.18. The van der Waals surface area contributed by atoms with E-state index in [4.69, 9.17) is 5.73 Å². The summed E-state index contributed by atoms with van der Waals surface area (Å²) < 4.78 is 0. The molecule has 1 unspecified atom stereocenters. The SMILES string of the molecule is CCCC(C)CN1CCN(c2ccc(N)nc2)CC1. The smallest absolute Gasteiger partial charge is 0.123 e. The quantitative estimate of drug-likeness (QED) is 0.884. The van der Waals surface area contributed by atoms with Gasteiger partial charge in [-0.05, 0) is 24.5 Å². The first kappa shape index (κ1) is 14.1. The molecule has 1 fully saturated rings. The predicted molar refractivity (Wildman–Crippen MR) is 81.4 cm³/mol. The monoisotopic (exact) mass is 262 g/mol. The number of hydrogen-bond acceptors (Lipinski definition) is 4. The lowest BCUT2D eigenvalue weighted by Crippen LogP contribution is -2.47. The first-order chi connectivity index (χ1) is 9.19. The number of hydrogen-bond donors (Lipinski definition) is 1. The number of anilines is 2. The number of rotatable bonds is 5. The molecule has 2 N–H and O–H groups in total. The van der Waals surface area contributed by atoms with Crippen molar-refractivity contribution in [1.82, 2.24) is 9.88 Å². The molecule has 0 amide bonds. The number of piperazine rings is 1. The minimum atomic E-state index is 0.593. The molecular weight excluding hydrogens is 236 g/mol. The average Bonchev–Trinajstić information content (AvgIpc) is 2.41. The summed E-state index contributed by atoms with van der Waals surface area (Å²) in [6.45, 7) is 10.3. The summed E-state index contributed by atoms with van der Waals surface area (Å²) in [4.78, 5) is 9.15. The van der Waals surface area contributed by atoms with Crippen molar-refractivity contribution in [3.63, 3.8) is 0 Å². The van der Waals surface area contributed by atoms with Crippen molar-refractivity contribution in [1.29, 1.82) is 0 Å². The lowest BCUT2D eigenvalue weighted by Gasteiger charge is -2.37. The van der Waals surface area contributed by atoms with Gasteiger partial charge in [0.25, 0.3) is 0 Å². The zero-order valence-electron chi connectivity index (χ0n) is 12.2. The third-order valence-corrected chi connectivity index (χ3v) is 3.86. The number of nitrogen functional groups attached to an aromatic ring is 1. The third-order valence-electron chi connectivity index (χ3n) is 3.86. The maximum absolute atomic E-state index is 5.62.